The Morgan fingerprint density at radius 1 is 1.07 bits per heavy atom. The predicted molar refractivity (Wildman–Crippen MR) is 104 cm³/mol. The molecule has 0 saturated carbocycles. The molecule has 2 aromatic heterocycles. The highest BCUT2D eigenvalue weighted by molar-refractivity contribution is 7.92. The summed E-state index contributed by atoms with van der Waals surface area (Å²) in [6, 6.07) is 12.2. The first-order chi connectivity index (χ1) is 13.0. The Morgan fingerprint density at radius 3 is 2.52 bits per heavy atom. The van der Waals surface area contributed by atoms with E-state index in [-0.39, 0.29) is 10.6 Å². The van der Waals surface area contributed by atoms with Crippen LogP contribution in [0.25, 0.3) is 0 Å². The molecule has 0 unspecified atom stereocenters. The van der Waals surface area contributed by atoms with Gasteiger partial charge in [0, 0.05) is 18.9 Å². The minimum Gasteiger partial charge on any atom is -0.495 e. The third-order valence-corrected chi connectivity index (χ3v) is 5.25. The summed E-state index contributed by atoms with van der Waals surface area (Å²) in [5.74, 6) is 0.930. The van der Waals surface area contributed by atoms with E-state index in [0.29, 0.717) is 18.1 Å². The molecule has 3 aromatic rings. The molecule has 1 aromatic carbocycles. The quantitative estimate of drug-likeness (QED) is 0.650. The van der Waals surface area contributed by atoms with Gasteiger partial charge >= 0.3 is 0 Å². The lowest BCUT2D eigenvalue weighted by Gasteiger charge is -2.12. The number of nitrogens with zero attached hydrogens (tertiary/aromatic N) is 2. The molecule has 2 N–H and O–H groups in total. The molecular weight excluding hydrogens is 364 g/mol. The van der Waals surface area contributed by atoms with Crippen LogP contribution in [-0.2, 0) is 16.6 Å². The average Bonchev–Trinajstić information content (AvgIpc) is 2.68. The molecule has 8 heteroatoms. The van der Waals surface area contributed by atoms with Crippen LogP contribution in [0.3, 0.4) is 0 Å². The predicted octanol–water partition coefficient (Wildman–Crippen LogP) is 3.21. The fourth-order valence-corrected chi connectivity index (χ4v) is 3.75. The van der Waals surface area contributed by atoms with Crippen LogP contribution in [0, 0.1) is 6.92 Å². The van der Waals surface area contributed by atoms with E-state index in [4.69, 9.17) is 4.74 Å². The number of sulfonamides is 1. The molecule has 0 aliphatic rings. The van der Waals surface area contributed by atoms with Gasteiger partial charge in [0.05, 0.1) is 19.0 Å². The van der Waals surface area contributed by atoms with Gasteiger partial charge < -0.3 is 10.1 Å². The van der Waals surface area contributed by atoms with E-state index >= 15 is 0 Å². The van der Waals surface area contributed by atoms with Crippen LogP contribution < -0.4 is 14.8 Å². The van der Waals surface area contributed by atoms with Crippen LogP contribution in [0.2, 0.25) is 0 Å². The highest BCUT2D eigenvalue weighted by Gasteiger charge is 2.20. The van der Waals surface area contributed by atoms with Crippen molar-refractivity contribution in [3.8, 4) is 5.75 Å². The second kappa shape index (κ2) is 8.05. The Bertz CT molecular complexity index is 1010. The van der Waals surface area contributed by atoms with Crippen LogP contribution in [0.4, 0.5) is 11.5 Å². The number of hydrogen-bond donors (Lipinski definition) is 2. The molecule has 0 amide bonds. The number of anilines is 2. The SMILES string of the molecule is COc1ccc(C)cc1S(=O)(=O)Nc1ccc(NCc2ccncc2)nc1. The Morgan fingerprint density at radius 2 is 1.85 bits per heavy atom. The molecule has 7 nitrogen and oxygen atoms in total. The summed E-state index contributed by atoms with van der Waals surface area (Å²) in [7, 11) is -2.35. The summed E-state index contributed by atoms with van der Waals surface area (Å²) in [6.45, 7) is 2.42. The summed E-state index contributed by atoms with van der Waals surface area (Å²) in [4.78, 5) is 8.31. The highest BCUT2D eigenvalue weighted by atomic mass is 32.2. The average molecular weight is 384 g/mol. The van der Waals surface area contributed by atoms with Crippen molar-refractivity contribution in [2.45, 2.75) is 18.4 Å². The van der Waals surface area contributed by atoms with E-state index in [1.165, 1.54) is 13.3 Å². The number of benzene rings is 1. The first-order valence-electron chi connectivity index (χ1n) is 8.24. The van der Waals surface area contributed by atoms with Crippen molar-refractivity contribution in [2.24, 2.45) is 0 Å². The van der Waals surface area contributed by atoms with Gasteiger partial charge in [-0.1, -0.05) is 6.07 Å². The first-order valence-corrected chi connectivity index (χ1v) is 9.72. The number of hydrogen-bond acceptors (Lipinski definition) is 6. The molecule has 2 heterocycles. The number of aromatic nitrogens is 2. The van der Waals surface area contributed by atoms with E-state index in [1.807, 2.05) is 19.1 Å². The molecule has 0 radical (unpaired) electrons. The van der Waals surface area contributed by atoms with Crippen molar-refractivity contribution in [1.29, 1.82) is 0 Å². The maximum Gasteiger partial charge on any atom is 0.265 e. The van der Waals surface area contributed by atoms with Crippen molar-refractivity contribution in [3.05, 3.63) is 72.2 Å². The number of pyridine rings is 2. The van der Waals surface area contributed by atoms with Gasteiger partial charge in [0.25, 0.3) is 10.0 Å². The molecule has 140 valence electrons. The molecule has 3 rings (SSSR count). The number of nitrogens with one attached hydrogen (secondary N) is 2. The van der Waals surface area contributed by atoms with Gasteiger partial charge in [0.2, 0.25) is 0 Å². The largest absolute Gasteiger partial charge is 0.495 e. The van der Waals surface area contributed by atoms with Crippen LogP contribution >= 0.6 is 0 Å². The van der Waals surface area contributed by atoms with Crippen molar-refractivity contribution < 1.29 is 13.2 Å². The molecule has 0 fully saturated rings. The van der Waals surface area contributed by atoms with Crippen LogP contribution in [-0.4, -0.2) is 25.5 Å². The number of methoxy groups -OCH3 is 1. The highest BCUT2D eigenvalue weighted by Crippen LogP contribution is 2.26. The molecule has 0 saturated heterocycles. The standard InChI is InChI=1S/C19H20N4O3S/c1-14-3-5-17(26-2)18(11-14)27(24,25)23-16-4-6-19(22-13-16)21-12-15-7-9-20-10-8-15/h3-11,13,23H,12H2,1-2H3,(H,21,22). The number of aryl methyl sites for hydroxylation is 1. The zero-order valence-corrected chi connectivity index (χ0v) is 15.8. The van der Waals surface area contributed by atoms with Crippen molar-refractivity contribution in [2.75, 3.05) is 17.1 Å². The van der Waals surface area contributed by atoms with E-state index in [0.717, 1.165) is 11.1 Å². The van der Waals surface area contributed by atoms with Crippen molar-refractivity contribution in [1.82, 2.24) is 9.97 Å². The minimum absolute atomic E-state index is 0.0879. The molecule has 0 aliphatic carbocycles. The second-order valence-electron chi connectivity index (χ2n) is 5.90. The lowest BCUT2D eigenvalue weighted by atomic mass is 10.2. The number of ether oxygens (including phenoxy) is 1. The molecule has 27 heavy (non-hydrogen) atoms. The van der Waals surface area contributed by atoms with Gasteiger partial charge in [-0.3, -0.25) is 9.71 Å². The Kier molecular flexibility index (Phi) is 5.56. The van der Waals surface area contributed by atoms with E-state index in [9.17, 15) is 8.42 Å². The van der Waals surface area contributed by atoms with Gasteiger partial charge in [-0.15, -0.1) is 0 Å². The van der Waals surface area contributed by atoms with Crippen LogP contribution in [0.5, 0.6) is 5.75 Å². The van der Waals surface area contributed by atoms with Gasteiger partial charge in [0.1, 0.15) is 16.5 Å². The Hall–Kier alpha value is -3.13. The third kappa shape index (κ3) is 4.73. The van der Waals surface area contributed by atoms with Crippen molar-refractivity contribution in [3.63, 3.8) is 0 Å². The zero-order valence-electron chi connectivity index (χ0n) is 15.0. The maximum absolute atomic E-state index is 12.7. The van der Waals surface area contributed by atoms with Gasteiger partial charge in [-0.2, -0.15) is 0 Å². The smallest absolute Gasteiger partial charge is 0.265 e. The van der Waals surface area contributed by atoms with Crippen molar-refractivity contribution >= 4 is 21.5 Å². The first kappa shape index (κ1) is 18.7. The third-order valence-electron chi connectivity index (χ3n) is 3.85. The lowest BCUT2D eigenvalue weighted by Crippen LogP contribution is -2.14. The monoisotopic (exact) mass is 384 g/mol. The Balaban J connectivity index is 1.71. The fourth-order valence-electron chi connectivity index (χ4n) is 2.46. The summed E-state index contributed by atoms with van der Waals surface area (Å²) in [5, 5.41) is 3.17. The number of rotatable bonds is 7. The van der Waals surface area contributed by atoms with Crippen LogP contribution in [0.15, 0.2) is 66.0 Å². The molecular formula is C19H20N4O3S. The van der Waals surface area contributed by atoms with E-state index in [2.05, 4.69) is 20.0 Å². The maximum atomic E-state index is 12.7. The van der Waals surface area contributed by atoms with Gasteiger partial charge in [0.15, 0.2) is 0 Å². The summed E-state index contributed by atoms with van der Waals surface area (Å²) < 4.78 is 33.1. The van der Waals surface area contributed by atoms with Crippen LogP contribution in [0.1, 0.15) is 11.1 Å². The van der Waals surface area contributed by atoms with E-state index < -0.39 is 10.0 Å². The second-order valence-corrected chi connectivity index (χ2v) is 7.55. The lowest BCUT2D eigenvalue weighted by molar-refractivity contribution is 0.402. The zero-order chi connectivity index (χ0) is 19.3. The summed E-state index contributed by atoms with van der Waals surface area (Å²) in [5.41, 5.74) is 2.26. The minimum atomic E-state index is -3.79. The Labute approximate surface area is 158 Å². The fraction of sp³-hybridized carbons (Fsp3) is 0.158. The molecule has 0 bridgehead atoms. The molecule has 0 spiro atoms. The topological polar surface area (TPSA) is 93.2 Å². The normalized spacial score (nSPS) is 11.0. The molecule has 0 aliphatic heterocycles. The summed E-state index contributed by atoms with van der Waals surface area (Å²) >= 11 is 0. The van der Waals surface area contributed by atoms with Gasteiger partial charge in [-0.25, -0.2) is 13.4 Å². The van der Waals surface area contributed by atoms with E-state index in [1.54, 1.807) is 42.7 Å². The van der Waals surface area contributed by atoms with Gasteiger partial charge in [-0.05, 0) is 54.4 Å². The molecule has 0 atom stereocenters. The summed E-state index contributed by atoms with van der Waals surface area (Å²) in [6.07, 6.45) is 4.92.